The lowest BCUT2D eigenvalue weighted by Crippen LogP contribution is -2.06. The van der Waals surface area contributed by atoms with Gasteiger partial charge in [0.25, 0.3) is 0 Å². The Morgan fingerprint density at radius 1 is 0.815 bits per heavy atom. The summed E-state index contributed by atoms with van der Waals surface area (Å²) in [6.45, 7) is 0.994. The summed E-state index contributed by atoms with van der Waals surface area (Å²) < 4.78 is 5.91. The van der Waals surface area contributed by atoms with Crippen LogP contribution in [0.25, 0.3) is 0 Å². The van der Waals surface area contributed by atoms with Crippen LogP contribution in [0.3, 0.4) is 0 Å². The zero-order chi connectivity index (χ0) is 19.1. The monoisotopic (exact) mass is 418 g/mol. The molecule has 0 saturated carbocycles. The maximum Gasteiger partial charge on any atom is 0.128 e. The molecule has 0 bridgehead atoms. The summed E-state index contributed by atoms with van der Waals surface area (Å²) in [5.41, 5.74) is 5.86. The summed E-state index contributed by atoms with van der Waals surface area (Å²) in [5, 5.41) is 6.27. The van der Waals surface area contributed by atoms with Gasteiger partial charge in [-0.1, -0.05) is 59.1 Å². The Kier molecular flexibility index (Phi) is 6.99. The Hall–Kier alpha value is -2.20. The van der Waals surface area contributed by atoms with E-state index < -0.39 is 0 Å². The van der Waals surface area contributed by atoms with Crippen molar-refractivity contribution >= 4 is 41.0 Å². The Balaban J connectivity index is 1.63. The van der Waals surface area contributed by atoms with Crippen LogP contribution in [0.5, 0.6) is 5.75 Å². The summed E-state index contributed by atoms with van der Waals surface area (Å²) in [6.07, 6.45) is 1.69. The lowest BCUT2D eigenvalue weighted by molar-refractivity contribution is 0.306. The SMILES string of the molecule is Clc1ccc(CN/N=C\c2cc(Cl)ccc2OCc2cccc(Cl)c2)cc1. The molecule has 27 heavy (non-hydrogen) atoms. The highest BCUT2D eigenvalue weighted by atomic mass is 35.5. The van der Waals surface area contributed by atoms with E-state index in [9.17, 15) is 0 Å². The molecule has 0 aromatic heterocycles. The number of halogens is 3. The molecule has 0 fully saturated rings. The Morgan fingerprint density at radius 3 is 2.33 bits per heavy atom. The summed E-state index contributed by atoms with van der Waals surface area (Å²) in [4.78, 5) is 0. The van der Waals surface area contributed by atoms with Gasteiger partial charge in [0.1, 0.15) is 12.4 Å². The normalized spacial score (nSPS) is 10.9. The van der Waals surface area contributed by atoms with Gasteiger partial charge in [0.05, 0.1) is 12.8 Å². The van der Waals surface area contributed by atoms with E-state index in [1.807, 2.05) is 60.7 Å². The van der Waals surface area contributed by atoms with Gasteiger partial charge in [0, 0.05) is 20.6 Å². The third-order valence-corrected chi connectivity index (χ3v) is 4.47. The van der Waals surface area contributed by atoms with Gasteiger partial charge in [-0.3, -0.25) is 0 Å². The molecule has 6 heteroatoms. The second-order valence-corrected chi connectivity index (χ2v) is 7.13. The number of nitrogens with one attached hydrogen (secondary N) is 1. The average Bonchev–Trinajstić information content (AvgIpc) is 2.66. The number of hydrazone groups is 1. The molecule has 0 spiro atoms. The van der Waals surface area contributed by atoms with Crippen LogP contribution in [0, 0.1) is 0 Å². The van der Waals surface area contributed by atoms with E-state index in [-0.39, 0.29) is 0 Å². The third kappa shape index (κ3) is 6.17. The van der Waals surface area contributed by atoms with Crippen LogP contribution in [-0.2, 0) is 13.2 Å². The second-order valence-electron chi connectivity index (χ2n) is 5.82. The number of benzene rings is 3. The third-order valence-electron chi connectivity index (χ3n) is 3.75. The molecular formula is C21H17Cl3N2O. The van der Waals surface area contributed by atoms with Gasteiger partial charge >= 0.3 is 0 Å². The van der Waals surface area contributed by atoms with Gasteiger partial charge in [-0.15, -0.1) is 0 Å². The summed E-state index contributed by atoms with van der Waals surface area (Å²) in [6, 6.07) is 20.6. The van der Waals surface area contributed by atoms with Gasteiger partial charge in [-0.2, -0.15) is 5.10 Å². The first-order chi connectivity index (χ1) is 13.1. The minimum absolute atomic E-state index is 0.404. The predicted molar refractivity (Wildman–Crippen MR) is 113 cm³/mol. The molecule has 0 aliphatic rings. The second kappa shape index (κ2) is 9.65. The topological polar surface area (TPSA) is 33.6 Å². The first kappa shape index (κ1) is 19.6. The van der Waals surface area contributed by atoms with E-state index in [1.165, 1.54) is 0 Å². The molecule has 3 nitrogen and oxygen atoms in total. The van der Waals surface area contributed by atoms with Gasteiger partial charge in [0.15, 0.2) is 0 Å². The molecular weight excluding hydrogens is 403 g/mol. The highest BCUT2D eigenvalue weighted by molar-refractivity contribution is 6.31. The molecule has 0 aliphatic heterocycles. The fourth-order valence-electron chi connectivity index (χ4n) is 2.39. The molecule has 3 aromatic carbocycles. The van der Waals surface area contributed by atoms with Crippen molar-refractivity contribution in [2.75, 3.05) is 0 Å². The average molecular weight is 420 g/mol. The standard InChI is InChI=1S/C21H17Cl3N2O/c22-18-6-4-15(5-7-18)12-25-26-13-17-11-20(24)8-9-21(17)27-14-16-2-1-3-19(23)10-16/h1-11,13,25H,12,14H2/b26-13-. The minimum Gasteiger partial charge on any atom is -0.488 e. The number of ether oxygens (including phenoxy) is 1. The van der Waals surface area contributed by atoms with Crippen LogP contribution in [-0.4, -0.2) is 6.21 Å². The molecule has 0 atom stereocenters. The van der Waals surface area contributed by atoms with Gasteiger partial charge in [-0.25, -0.2) is 0 Å². The van der Waals surface area contributed by atoms with E-state index in [2.05, 4.69) is 10.5 Å². The van der Waals surface area contributed by atoms with E-state index in [4.69, 9.17) is 39.5 Å². The fraction of sp³-hybridized carbons (Fsp3) is 0.0952. The maximum absolute atomic E-state index is 6.11. The van der Waals surface area contributed by atoms with Gasteiger partial charge in [0.2, 0.25) is 0 Å². The molecule has 0 amide bonds. The quantitative estimate of drug-likeness (QED) is 0.357. The highest BCUT2D eigenvalue weighted by Gasteiger charge is 2.04. The zero-order valence-electron chi connectivity index (χ0n) is 14.3. The van der Waals surface area contributed by atoms with Crippen molar-refractivity contribution in [1.29, 1.82) is 0 Å². The van der Waals surface area contributed by atoms with Crippen LogP contribution in [0.4, 0.5) is 0 Å². The Labute approximate surface area is 173 Å². The van der Waals surface area contributed by atoms with E-state index in [0.717, 1.165) is 16.7 Å². The van der Waals surface area contributed by atoms with E-state index in [1.54, 1.807) is 12.3 Å². The van der Waals surface area contributed by atoms with Crippen LogP contribution < -0.4 is 10.2 Å². The lowest BCUT2D eigenvalue weighted by Gasteiger charge is -2.10. The van der Waals surface area contributed by atoms with Gasteiger partial charge < -0.3 is 10.2 Å². The van der Waals surface area contributed by atoms with Crippen LogP contribution in [0.1, 0.15) is 16.7 Å². The summed E-state index contributed by atoms with van der Waals surface area (Å²) in [5.74, 6) is 0.691. The summed E-state index contributed by atoms with van der Waals surface area (Å²) in [7, 11) is 0. The Bertz CT molecular complexity index is 927. The molecule has 138 valence electrons. The number of nitrogens with zero attached hydrogens (tertiary/aromatic N) is 1. The van der Waals surface area contributed by atoms with Crippen molar-refractivity contribution in [2.45, 2.75) is 13.2 Å². The molecule has 0 heterocycles. The van der Waals surface area contributed by atoms with Crippen molar-refractivity contribution in [1.82, 2.24) is 5.43 Å². The van der Waals surface area contributed by atoms with Crippen molar-refractivity contribution in [3.63, 3.8) is 0 Å². The molecule has 0 saturated heterocycles. The highest BCUT2D eigenvalue weighted by Crippen LogP contribution is 2.23. The molecule has 3 aromatic rings. The summed E-state index contributed by atoms with van der Waals surface area (Å²) >= 11 is 18.0. The largest absolute Gasteiger partial charge is 0.488 e. The molecule has 0 unspecified atom stereocenters. The van der Waals surface area contributed by atoms with Crippen molar-refractivity contribution < 1.29 is 4.74 Å². The van der Waals surface area contributed by atoms with Crippen molar-refractivity contribution in [2.24, 2.45) is 5.10 Å². The van der Waals surface area contributed by atoms with Crippen molar-refractivity contribution in [3.8, 4) is 5.75 Å². The molecule has 0 radical (unpaired) electrons. The van der Waals surface area contributed by atoms with Crippen LogP contribution in [0.15, 0.2) is 71.8 Å². The lowest BCUT2D eigenvalue weighted by atomic mass is 10.2. The number of rotatable bonds is 7. The van der Waals surface area contributed by atoms with Crippen LogP contribution >= 0.6 is 34.8 Å². The smallest absolute Gasteiger partial charge is 0.128 e. The molecule has 1 N–H and O–H groups in total. The molecule has 3 rings (SSSR count). The minimum atomic E-state index is 0.404. The first-order valence-corrected chi connectivity index (χ1v) is 9.41. The zero-order valence-corrected chi connectivity index (χ0v) is 16.6. The van der Waals surface area contributed by atoms with E-state index in [0.29, 0.717) is 34.0 Å². The van der Waals surface area contributed by atoms with Gasteiger partial charge in [-0.05, 0) is 53.6 Å². The fourth-order valence-corrected chi connectivity index (χ4v) is 2.91. The van der Waals surface area contributed by atoms with Crippen LogP contribution in [0.2, 0.25) is 15.1 Å². The maximum atomic E-state index is 6.11. The number of hydrogen-bond donors (Lipinski definition) is 1. The van der Waals surface area contributed by atoms with Crippen molar-refractivity contribution in [3.05, 3.63) is 98.5 Å². The van der Waals surface area contributed by atoms with E-state index >= 15 is 0 Å². The first-order valence-electron chi connectivity index (χ1n) is 8.27. The predicted octanol–water partition coefficient (Wildman–Crippen LogP) is 6.35. The molecule has 0 aliphatic carbocycles. The number of hydrogen-bond acceptors (Lipinski definition) is 3. The Morgan fingerprint density at radius 2 is 1.56 bits per heavy atom.